The zero-order valence-corrected chi connectivity index (χ0v) is 14.6. The number of thiophene rings is 1. The molecular weight excluding hydrogens is 310 g/mol. The standard InChI is InChI=1S/C15H21N7S/c1-9(2)4-6-16-13-12-10-5-7-21(3)8-11(10)23-14(12)22-15(17-13)18-19-20-22/h9H,4-8H2,1-3H3,(H,16,17,18,20)/p+1. The van der Waals surface area contributed by atoms with E-state index in [0.29, 0.717) is 11.7 Å². The molecule has 0 aromatic carbocycles. The van der Waals surface area contributed by atoms with Crippen LogP contribution in [-0.4, -0.2) is 45.2 Å². The smallest absolute Gasteiger partial charge is 0.276 e. The lowest BCUT2D eigenvalue weighted by Crippen LogP contribution is -3.08. The zero-order chi connectivity index (χ0) is 16.0. The molecule has 0 fully saturated rings. The molecular formula is C15H22N7S+. The van der Waals surface area contributed by atoms with Gasteiger partial charge in [0.2, 0.25) is 0 Å². The third-order valence-electron chi connectivity index (χ3n) is 4.44. The number of nitrogens with one attached hydrogen (secondary N) is 2. The molecule has 1 aliphatic heterocycles. The van der Waals surface area contributed by atoms with Gasteiger partial charge in [0.05, 0.1) is 23.9 Å². The van der Waals surface area contributed by atoms with Crippen LogP contribution in [0.5, 0.6) is 0 Å². The Morgan fingerprint density at radius 3 is 3.09 bits per heavy atom. The molecule has 122 valence electrons. The first-order valence-electron chi connectivity index (χ1n) is 8.21. The Kier molecular flexibility index (Phi) is 3.65. The van der Waals surface area contributed by atoms with Gasteiger partial charge in [0.25, 0.3) is 5.78 Å². The van der Waals surface area contributed by atoms with Crippen LogP contribution < -0.4 is 10.2 Å². The lowest BCUT2D eigenvalue weighted by Gasteiger charge is -2.19. The first-order chi connectivity index (χ1) is 11.1. The predicted molar refractivity (Wildman–Crippen MR) is 91.1 cm³/mol. The van der Waals surface area contributed by atoms with Gasteiger partial charge in [-0.05, 0) is 28.3 Å². The van der Waals surface area contributed by atoms with Crippen molar-refractivity contribution in [2.45, 2.75) is 33.2 Å². The Labute approximate surface area is 138 Å². The van der Waals surface area contributed by atoms with E-state index in [2.05, 4.69) is 46.7 Å². The SMILES string of the molecule is CC(C)CCNc1nc2nnnn2c2sc3c(c12)CC[NH+](C)C3. The Bertz CT molecular complexity index is 850. The zero-order valence-electron chi connectivity index (χ0n) is 13.8. The molecule has 0 saturated carbocycles. The fraction of sp³-hybridized carbons (Fsp3) is 0.600. The summed E-state index contributed by atoms with van der Waals surface area (Å²) in [6.07, 6.45) is 2.22. The molecule has 0 aliphatic carbocycles. The minimum Gasteiger partial charge on any atom is -0.369 e. The van der Waals surface area contributed by atoms with E-state index < -0.39 is 0 Å². The van der Waals surface area contributed by atoms with Gasteiger partial charge in [-0.2, -0.15) is 9.50 Å². The first-order valence-corrected chi connectivity index (χ1v) is 9.02. The van der Waals surface area contributed by atoms with E-state index in [1.54, 1.807) is 9.42 Å². The normalized spacial score (nSPS) is 18.0. The maximum absolute atomic E-state index is 4.68. The first kappa shape index (κ1) is 14.8. The Morgan fingerprint density at radius 2 is 2.26 bits per heavy atom. The summed E-state index contributed by atoms with van der Waals surface area (Å²) in [5.41, 5.74) is 1.44. The van der Waals surface area contributed by atoms with Gasteiger partial charge in [-0.15, -0.1) is 11.3 Å². The summed E-state index contributed by atoms with van der Waals surface area (Å²) in [7, 11) is 2.25. The molecule has 3 aromatic heterocycles. The van der Waals surface area contributed by atoms with Crippen LogP contribution in [0.25, 0.3) is 16.0 Å². The van der Waals surface area contributed by atoms with Gasteiger partial charge < -0.3 is 10.2 Å². The molecule has 4 rings (SSSR count). The van der Waals surface area contributed by atoms with Gasteiger partial charge in [-0.25, -0.2) is 0 Å². The summed E-state index contributed by atoms with van der Waals surface area (Å²) >= 11 is 1.81. The molecule has 0 radical (unpaired) electrons. The van der Waals surface area contributed by atoms with Crippen LogP contribution >= 0.6 is 11.3 Å². The largest absolute Gasteiger partial charge is 0.369 e. The number of fused-ring (bicyclic) bond motifs is 5. The number of hydrogen-bond acceptors (Lipinski definition) is 6. The van der Waals surface area contributed by atoms with Gasteiger partial charge in [0, 0.05) is 13.0 Å². The summed E-state index contributed by atoms with van der Waals surface area (Å²) in [5, 5.41) is 16.7. The number of rotatable bonds is 4. The second-order valence-corrected chi connectivity index (χ2v) is 7.86. The van der Waals surface area contributed by atoms with Crippen molar-refractivity contribution in [3.05, 3.63) is 10.4 Å². The van der Waals surface area contributed by atoms with E-state index in [4.69, 9.17) is 0 Å². The van der Waals surface area contributed by atoms with Crippen molar-refractivity contribution in [2.75, 3.05) is 25.5 Å². The van der Waals surface area contributed by atoms with Gasteiger partial charge in [0.1, 0.15) is 17.2 Å². The number of anilines is 1. The molecule has 3 aromatic rings. The highest BCUT2D eigenvalue weighted by molar-refractivity contribution is 7.19. The quantitative estimate of drug-likeness (QED) is 0.738. The average molecular weight is 332 g/mol. The molecule has 8 heteroatoms. The van der Waals surface area contributed by atoms with Gasteiger partial charge in [-0.3, -0.25) is 0 Å². The Morgan fingerprint density at radius 1 is 1.39 bits per heavy atom. The van der Waals surface area contributed by atoms with Crippen LogP contribution in [-0.2, 0) is 13.0 Å². The van der Waals surface area contributed by atoms with Gasteiger partial charge in [-0.1, -0.05) is 18.9 Å². The number of aromatic nitrogens is 5. The summed E-state index contributed by atoms with van der Waals surface area (Å²) in [4.78, 5) is 8.79. The Balaban J connectivity index is 1.85. The third-order valence-corrected chi connectivity index (χ3v) is 5.65. The molecule has 0 saturated heterocycles. The monoisotopic (exact) mass is 332 g/mol. The van der Waals surface area contributed by atoms with Crippen molar-refractivity contribution in [3.8, 4) is 0 Å². The highest BCUT2D eigenvalue weighted by Crippen LogP contribution is 2.36. The average Bonchev–Trinajstić information content (AvgIpc) is 3.09. The molecule has 0 amide bonds. The number of tetrazole rings is 1. The third kappa shape index (κ3) is 2.55. The van der Waals surface area contributed by atoms with Crippen molar-refractivity contribution in [3.63, 3.8) is 0 Å². The molecule has 1 aliphatic rings. The number of quaternary nitrogens is 1. The summed E-state index contributed by atoms with van der Waals surface area (Å²) in [6.45, 7) is 7.64. The fourth-order valence-electron chi connectivity index (χ4n) is 3.15. The number of nitrogens with zero attached hydrogens (tertiary/aromatic N) is 5. The summed E-state index contributed by atoms with van der Waals surface area (Å²) < 4.78 is 1.78. The van der Waals surface area contributed by atoms with E-state index in [-0.39, 0.29) is 0 Å². The van der Waals surface area contributed by atoms with Crippen LogP contribution in [0.1, 0.15) is 30.7 Å². The molecule has 2 N–H and O–H groups in total. The molecule has 7 nitrogen and oxygen atoms in total. The lowest BCUT2D eigenvalue weighted by molar-refractivity contribution is -0.895. The van der Waals surface area contributed by atoms with Crippen LogP contribution in [0.15, 0.2) is 0 Å². The molecule has 1 atom stereocenters. The number of likely N-dealkylation sites (N-methyl/N-ethyl adjacent to an activating group) is 1. The van der Waals surface area contributed by atoms with Crippen LogP contribution in [0.3, 0.4) is 0 Å². The molecule has 23 heavy (non-hydrogen) atoms. The van der Waals surface area contributed by atoms with Crippen LogP contribution in [0.2, 0.25) is 0 Å². The predicted octanol–water partition coefficient (Wildman–Crippen LogP) is 0.763. The highest BCUT2D eigenvalue weighted by atomic mass is 32.1. The van der Waals surface area contributed by atoms with Crippen molar-refractivity contribution in [1.82, 2.24) is 25.0 Å². The van der Waals surface area contributed by atoms with E-state index in [9.17, 15) is 0 Å². The van der Waals surface area contributed by atoms with E-state index in [1.807, 2.05) is 11.3 Å². The maximum atomic E-state index is 4.68. The van der Waals surface area contributed by atoms with Crippen LogP contribution in [0, 0.1) is 5.92 Å². The van der Waals surface area contributed by atoms with Crippen LogP contribution in [0.4, 0.5) is 5.82 Å². The van der Waals surface area contributed by atoms with Crippen molar-refractivity contribution >= 4 is 33.1 Å². The van der Waals surface area contributed by atoms with Crippen molar-refractivity contribution in [1.29, 1.82) is 0 Å². The number of hydrogen-bond donors (Lipinski definition) is 2. The van der Waals surface area contributed by atoms with Gasteiger partial charge in [0.15, 0.2) is 0 Å². The maximum Gasteiger partial charge on any atom is 0.276 e. The summed E-state index contributed by atoms with van der Waals surface area (Å²) in [6, 6.07) is 0. The molecule has 0 spiro atoms. The van der Waals surface area contributed by atoms with Crippen molar-refractivity contribution < 1.29 is 4.90 Å². The minimum atomic E-state index is 0.573. The van der Waals surface area contributed by atoms with Crippen molar-refractivity contribution in [2.24, 2.45) is 5.92 Å². The lowest BCUT2D eigenvalue weighted by atomic mass is 10.1. The highest BCUT2D eigenvalue weighted by Gasteiger charge is 2.26. The van der Waals surface area contributed by atoms with E-state index in [0.717, 1.165) is 43.1 Å². The molecule has 1 unspecified atom stereocenters. The van der Waals surface area contributed by atoms with E-state index in [1.165, 1.54) is 15.8 Å². The summed E-state index contributed by atoms with van der Waals surface area (Å²) in [5.74, 6) is 2.19. The second kappa shape index (κ2) is 5.68. The topological polar surface area (TPSA) is 72.4 Å². The Hall–Kier alpha value is -1.80. The van der Waals surface area contributed by atoms with E-state index >= 15 is 0 Å². The fourth-order valence-corrected chi connectivity index (χ4v) is 4.55. The minimum absolute atomic E-state index is 0.573. The molecule has 4 heterocycles. The van der Waals surface area contributed by atoms with Gasteiger partial charge >= 0.3 is 0 Å². The molecule has 0 bridgehead atoms. The second-order valence-electron chi connectivity index (χ2n) is 6.78.